The van der Waals surface area contributed by atoms with E-state index in [1.54, 1.807) is 18.0 Å². The summed E-state index contributed by atoms with van der Waals surface area (Å²) in [7, 11) is 1.62. The number of nitrogens with one attached hydrogen (secondary N) is 2. The number of hydrogen-bond acceptors (Lipinski definition) is 5. The third-order valence-corrected chi connectivity index (χ3v) is 4.92. The van der Waals surface area contributed by atoms with Gasteiger partial charge in [-0.05, 0) is 58.0 Å². The monoisotopic (exact) mass is 454 g/mol. The van der Waals surface area contributed by atoms with E-state index in [1.807, 2.05) is 54.6 Å². The van der Waals surface area contributed by atoms with Crippen molar-refractivity contribution in [1.29, 1.82) is 0 Å². The zero-order valence-corrected chi connectivity index (χ0v) is 17.2. The molecule has 0 fully saturated rings. The molecule has 0 bridgehead atoms. The molecule has 0 radical (unpaired) electrons. The lowest BCUT2D eigenvalue weighted by Crippen LogP contribution is -1.95. The Bertz CT molecular complexity index is 1190. The number of aromatic nitrogens is 5. The molecule has 28 heavy (non-hydrogen) atoms. The minimum absolute atomic E-state index is 0.384. The summed E-state index contributed by atoms with van der Waals surface area (Å²) in [6.45, 7) is 0. The third kappa shape index (κ3) is 3.67. The Balaban J connectivity index is 1.66. The summed E-state index contributed by atoms with van der Waals surface area (Å²) in [5, 5.41) is 18.9. The Hall–Kier alpha value is -3.04. The molecule has 140 valence electrons. The van der Waals surface area contributed by atoms with Gasteiger partial charge in [0.1, 0.15) is 11.4 Å². The summed E-state index contributed by atoms with van der Waals surface area (Å²) in [4.78, 5) is 0. The number of rotatable bonds is 5. The molecule has 0 spiro atoms. The van der Waals surface area contributed by atoms with Crippen LogP contribution in [0.25, 0.3) is 22.8 Å². The minimum Gasteiger partial charge on any atom is -0.496 e. The maximum atomic E-state index is 5.32. The zero-order chi connectivity index (χ0) is 19.5. The van der Waals surface area contributed by atoms with Gasteiger partial charge < -0.3 is 4.74 Å². The number of nitrogens with zero attached hydrogens (tertiary/aromatic N) is 4. The Kier molecular flexibility index (Phi) is 5.18. The van der Waals surface area contributed by atoms with Crippen LogP contribution in [0.4, 0.5) is 0 Å². The van der Waals surface area contributed by atoms with E-state index in [0.717, 1.165) is 27.0 Å². The normalized spacial score (nSPS) is 11.2. The molecule has 0 amide bonds. The molecule has 2 heterocycles. The molecule has 9 heteroatoms. The second-order valence-electron chi connectivity index (χ2n) is 5.84. The van der Waals surface area contributed by atoms with Crippen LogP contribution < -0.4 is 4.74 Å². The predicted octanol–water partition coefficient (Wildman–Crippen LogP) is 4.65. The quantitative estimate of drug-likeness (QED) is 0.339. The van der Waals surface area contributed by atoms with Crippen LogP contribution in [0.3, 0.4) is 0 Å². The fourth-order valence-electron chi connectivity index (χ4n) is 2.65. The highest BCUT2D eigenvalue weighted by atomic mass is 79.9. The fourth-order valence-corrected chi connectivity index (χ4v) is 3.39. The van der Waals surface area contributed by atoms with Crippen molar-refractivity contribution in [2.45, 2.75) is 0 Å². The fraction of sp³-hybridized carbons (Fsp3) is 0.0526. The van der Waals surface area contributed by atoms with E-state index < -0.39 is 0 Å². The summed E-state index contributed by atoms with van der Waals surface area (Å²) < 4.78 is 8.02. The van der Waals surface area contributed by atoms with Gasteiger partial charge in [0, 0.05) is 5.56 Å². The number of aromatic amines is 2. The van der Waals surface area contributed by atoms with Gasteiger partial charge in [0.05, 0.1) is 23.5 Å². The number of hydrogen-bond donors (Lipinski definition) is 2. The van der Waals surface area contributed by atoms with E-state index >= 15 is 0 Å². The van der Waals surface area contributed by atoms with Gasteiger partial charge in [-0.3, -0.25) is 5.10 Å². The Morgan fingerprint density at radius 3 is 2.68 bits per heavy atom. The van der Waals surface area contributed by atoms with Crippen molar-refractivity contribution in [3.8, 4) is 28.5 Å². The first-order valence-electron chi connectivity index (χ1n) is 8.32. The molecule has 0 aliphatic heterocycles. The first kappa shape index (κ1) is 18.3. The first-order valence-corrected chi connectivity index (χ1v) is 9.52. The minimum atomic E-state index is 0.384. The van der Waals surface area contributed by atoms with Gasteiger partial charge in [-0.25, -0.2) is 5.10 Å². The molecule has 0 aliphatic carbocycles. The van der Waals surface area contributed by atoms with Crippen molar-refractivity contribution in [3.05, 3.63) is 69.4 Å². The molecule has 0 aliphatic rings. The number of ether oxygens (including phenoxy) is 1. The van der Waals surface area contributed by atoms with Crippen molar-refractivity contribution in [2.24, 2.45) is 5.10 Å². The first-order chi connectivity index (χ1) is 13.7. The van der Waals surface area contributed by atoms with Crippen LogP contribution in [0.2, 0.25) is 0 Å². The Morgan fingerprint density at radius 2 is 1.93 bits per heavy atom. The molecule has 0 atom stereocenters. The van der Waals surface area contributed by atoms with Crippen LogP contribution >= 0.6 is 28.1 Å². The van der Waals surface area contributed by atoms with E-state index in [0.29, 0.717) is 16.3 Å². The van der Waals surface area contributed by atoms with Gasteiger partial charge in [-0.1, -0.05) is 30.3 Å². The standard InChI is InChI=1S/C19H15BrN6OS/c1-27-17-8-7-12(9-14(17)20)11-21-26-18(24-25-19(26)28)16-10-15(22-23-16)13-5-3-2-4-6-13/h2-11H,1H3,(H,22,23)(H,25,28). The average molecular weight is 455 g/mol. The van der Waals surface area contributed by atoms with Crippen LogP contribution in [0.5, 0.6) is 5.75 Å². The molecule has 0 saturated carbocycles. The number of H-pyrrole nitrogens is 2. The van der Waals surface area contributed by atoms with Crippen LogP contribution in [0.15, 0.2) is 64.2 Å². The largest absolute Gasteiger partial charge is 0.496 e. The molecule has 2 N–H and O–H groups in total. The highest BCUT2D eigenvalue weighted by molar-refractivity contribution is 9.10. The lowest BCUT2D eigenvalue weighted by molar-refractivity contribution is 0.412. The summed E-state index contributed by atoms with van der Waals surface area (Å²) in [6, 6.07) is 17.5. The third-order valence-electron chi connectivity index (χ3n) is 4.04. The number of halogens is 1. The van der Waals surface area contributed by atoms with Gasteiger partial charge in [-0.2, -0.15) is 20.0 Å². The highest BCUT2D eigenvalue weighted by Crippen LogP contribution is 2.25. The van der Waals surface area contributed by atoms with E-state index in [1.165, 1.54) is 0 Å². The Morgan fingerprint density at radius 1 is 1.11 bits per heavy atom. The lowest BCUT2D eigenvalue weighted by Gasteiger charge is -2.03. The average Bonchev–Trinajstić information content (AvgIpc) is 3.34. The van der Waals surface area contributed by atoms with E-state index in [2.05, 4.69) is 41.4 Å². The molecule has 0 saturated heterocycles. The van der Waals surface area contributed by atoms with E-state index in [-0.39, 0.29) is 0 Å². The van der Waals surface area contributed by atoms with Crippen molar-refractivity contribution in [3.63, 3.8) is 0 Å². The molecule has 2 aromatic carbocycles. The predicted molar refractivity (Wildman–Crippen MR) is 114 cm³/mol. The van der Waals surface area contributed by atoms with Gasteiger partial charge in [0.15, 0.2) is 0 Å². The van der Waals surface area contributed by atoms with Crippen molar-refractivity contribution in [2.75, 3.05) is 7.11 Å². The maximum Gasteiger partial charge on any atom is 0.216 e. The zero-order valence-electron chi connectivity index (χ0n) is 14.8. The van der Waals surface area contributed by atoms with Crippen molar-refractivity contribution < 1.29 is 4.74 Å². The molecular formula is C19H15BrN6OS. The molecular weight excluding hydrogens is 440 g/mol. The maximum absolute atomic E-state index is 5.32. The smallest absolute Gasteiger partial charge is 0.216 e. The SMILES string of the molecule is COc1ccc(C=Nn2c(-c3cc(-c4ccccc4)n[nH]3)n[nH]c2=S)cc1Br. The number of benzene rings is 2. The summed E-state index contributed by atoms with van der Waals surface area (Å²) in [6.07, 6.45) is 1.70. The van der Waals surface area contributed by atoms with Crippen LogP contribution in [-0.2, 0) is 0 Å². The van der Waals surface area contributed by atoms with E-state index in [4.69, 9.17) is 17.0 Å². The topological polar surface area (TPSA) is 83.9 Å². The van der Waals surface area contributed by atoms with Gasteiger partial charge >= 0.3 is 0 Å². The van der Waals surface area contributed by atoms with Gasteiger partial charge in [0.2, 0.25) is 10.6 Å². The van der Waals surface area contributed by atoms with Gasteiger partial charge in [-0.15, -0.1) is 0 Å². The van der Waals surface area contributed by atoms with Crippen molar-refractivity contribution in [1.82, 2.24) is 25.1 Å². The van der Waals surface area contributed by atoms with Crippen molar-refractivity contribution >= 4 is 34.4 Å². The van der Waals surface area contributed by atoms with Crippen LogP contribution in [0.1, 0.15) is 5.56 Å². The summed E-state index contributed by atoms with van der Waals surface area (Å²) >= 11 is 8.79. The highest BCUT2D eigenvalue weighted by Gasteiger charge is 2.12. The lowest BCUT2D eigenvalue weighted by atomic mass is 10.1. The molecule has 4 rings (SSSR count). The second kappa shape index (κ2) is 7.91. The molecule has 2 aromatic heterocycles. The van der Waals surface area contributed by atoms with E-state index in [9.17, 15) is 0 Å². The molecule has 0 unspecified atom stereocenters. The summed E-state index contributed by atoms with van der Waals surface area (Å²) in [5.41, 5.74) is 3.42. The van der Waals surface area contributed by atoms with Gasteiger partial charge in [0.25, 0.3) is 0 Å². The molecule has 4 aromatic rings. The van der Waals surface area contributed by atoms with Crippen LogP contribution in [0, 0.1) is 4.77 Å². The summed E-state index contributed by atoms with van der Waals surface area (Å²) in [5.74, 6) is 1.30. The number of methoxy groups -OCH3 is 1. The van der Waals surface area contributed by atoms with Crippen LogP contribution in [-0.4, -0.2) is 38.4 Å². The molecule has 7 nitrogen and oxygen atoms in total. The Labute approximate surface area is 174 Å². The second-order valence-corrected chi connectivity index (χ2v) is 7.08.